The molecule has 0 unspecified atom stereocenters. The zero-order valence-electron chi connectivity index (χ0n) is 13.3. The molecule has 0 aliphatic heterocycles. The summed E-state index contributed by atoms with van der Waals surface area (Å²) in [7, 11) is 1.28. The molecule has 5 heteroatoms. The number of carbonyl (C=O) groups is 1. The summed E-state index contributed by atoms with van der Waals surface area (Å²) in [5.41, 5.74) is 2.77. The van der Waals surface area contributed by atoms with Gasteiger partial charge in [-0.1, -0.05) is 30.7 Å². The fourth-order valence-corrected chi connectivity index (χ4v) is 2.20. The quantitative estimate of drug-likeness (QED) is 0.291. The number of hydrogen-bond donors (Lipinski definition) is 1. The molecule has 0 aliphatic rings. The van der Waals surface area contributed by atoms with E-state index in [1.807, 2.05) is 37.6 Å². The molecular formula is C17H21NO3S. The molecule has 118 valence electrons. The van der Waals surface area contributed by atoms with Crippen molar-refractivity contribution < 1.29 is 14.6 Å². The maximum Gasteiger partial charge on any atom is 0.341 e. The van der Waals surface area contributed by atoms with Gasteiger partial charge in [0.2, 0.25) is 0 Å². The number of aliphatic imine (C=N–C) groups is 1. The molecule has 0 aliphatic carbocycles. The van der Waals surface area contributed by atoms with Crippen molar-refractivity contribution in [3.63, 3.8) is 0 Å². The molecule has 1 N–H and O–H groups in total. The lowest BCUT2D eigenvalue weighted by Crippen LogP contribution is -2.05. The highest BCUT2D eigenvalue weighted by Crippen LogP contribution is 2.20. The number of allylic oxidation sites excluding steroid dienone is 1. The monoisotopic (exact) mass is 319 g/mol. The van der Waals surface area contributed by atoms with Gasteiger partial charge >= 0.3 is 5.97 Å². The lowest BCUT2D eigenvalue weighted by molar-refractivity contribution is -0.133. The van der Waals surface area contributed by atoms with E-state index < -0.39 is 5.97 Å². The molecule has 22 heavy (non-hydrogen) atoms. The minimum Gasteiger partial charge on any atom is -0.515 e. The Morgan fingerprint density at radius 1 is 1.41 bits per heavy atom. The topological polar surface area (TPSA) is 58.9 Å². The molecule has 4 nitrogen and oxygen atoms in total. The molecule has 0 saturated carbocycles. The second-order valence-electron chi connectivity index (χ2n) is 4.58. The van der Waals surface area contributed by atoms with E-state index in [0.717, 1.165) is 23.3 Å². The minimum atomic E-state index is -0.580. The highest BCUT2D eigenvalue weighted by atomic mass is 32.2. The van der Waals surface area contributed by atoms with E-state index in [-0.39, 0.29) is 5.57 Å². The summed E-state index contributed by atoms with van der Waals surface area (Å²) >= 11 is 1.52. The minimum absolute atomic E-state index is 0.116. The molecule has 0 aromatic heterocycles. The lowest BCUT2D eigenvalue weighted by atomic mass is 10.0. The van der Waals surface area contributed by atoms with E-state index in [1.165, 1.54) is 24.4 Å². The van der Waals surface area contributed by atoms with Crippen LogP contribution in [0.2, 0.25) is 0 Å². The van der Waals surface area contributed by atoms with Crippen LogP contribution in [0.25, 0.3) is 5.57 Å². The third-order valence-electron chi connectivity index (χ3n) is 3.11. The summed E-state index contributed by atoms with van der Waals surface area (Å²) in [4.78, 5) is 16.1. The number of carbonyl (C=O) groups excluding carboxylic acids is 1. The average Bonchev–Trinajstić information content (AvgIpc) is 2.56. The largest absolute Gasteiger partial charge is 0.515 e. The second kappa shape index (κ2) is 9.10. The number of nitrogens with zero attached hydrogens (tertiary/aromatic N) is 1. The molecule has 0 saturated heterocycles. The zero-order chi connectivity index (χ0) is 16.5. The van der Waals surface area contributed by atoms with Crippen LogP contribution in [0.3, 0.4) is 0 Å². The number of aliphatic hydroxyl groups excluding tert-OH is 1. The van der Waals surface area contributed by atoms with Gasteiger partial charge in [0, 0.05) is 11.8 Å². The van der Waals surface area contributed by atoms with Gasteiger partial charge in [-0.3, -0.25) is 0 Å². The molecule has 0 spiro atoms. The van der Waals surface area contributed by atoms with Crippen LogP contribution in [-0.2, 0) is 9.53 Å². The van der Waals surface area contributed by atoms with Crippen molar-refractivity contribution in [3.05, 3.63) is 53.4 Å². The average molecular weight is 319 g/mol. The number of rotatable bonds is 5. The summed E-state index contributed by atoms with van der Waals surface area (Å²) in [6, 6.07) is 7.29. The van der Waals surface area contributed by atoms with Crippen molar-refractivity contribution in [2.24, 2.45) is 4.99 Å². The van der Waals surface area contributed by atoms with Gasteiger partial charge < -0.3 is 9.84 Å². The third kappa shape index (κ3) is 4.77. The van der Waals surface area contributed by atoms with Crippen LogP contribution in [-0.4, -0.2) is 29.5 Å². The van der Waals surface area contributed by atoms with Gasteiger partial charge in [-0.05, 0) is 31.2 Å². The lowest BCUT2D eigenvalue weighted by Gasteiger charge is -2.08. The maximum absolute atomic E-state index is 11.7. The van der Waals surface area contributed by atoms with Crippen LogP contribution < -0.4 is 0 Å². The van der Waals surface area contributed by atoms with Crippen LogP contribution in [0.15, 0.2) is 47.3 Å². The van der Waals surface area contributed by atoms with Crippen molar-refractivity contribution in [3.8, 4) is 0 Å². The molecule has 0 radical (unpaired) electrons. The van der Waals surface area contributed by atoms with Crippen molar-refractivity contribution >= 4 is 28.3 Å². The molecule has 0 bridgehead atoms. The summed E-state index contributed by atoms with van der Waals surface area (Å²) in [5.74, 6) is -0.580. The highest BCUT2D eigenvalue weighted by molar-refractivity contribution is 8.13. The number of aliphatic hydroxyl groups is 1. The van der Waals surface area contributed by atoms with Crippen LogP contribution >= 0.6 is 11.8 Å². The first-order chi connectivity index (χ1) is 10.6. The summed E-state index contributed by atoms with van der Waals surface area (Å²) in [5, 5.41) is 10.1. The van der Waals surface area contributed by atoms with Crippen LogP contribution in [0.4, 0.5) is 0 Å². The Morgan fingerprint density at radius 2 is 2.09 bits per heavy atom. The summed E-state index contributed by atoms with van der Waals surface area (Å²) in [6.45, 7) is 4.11. The first-order valence-corrected chi connectivity index (χ1v) is 8.10. The highest BCUT2D eigenvalue weighted by Gasteiger charge is 2.14. The van der Waals surface area contributed by atoms with E-state index in [9.17, 15) is 9.90 Å². The smallest absolute Gasteiger partial charge is 0.341 e. The molecule has 1 aromatic carbocycles. The van der Waals surface area contributed by atoms with Crippen LogP contribution in [0, 0.1) is 0 Å². The van der Waals surface area contributed by atoms with Gasteiger partial charge in [0.15, 0.2) is 0 Å². The fourth-order valence-electron chi connectivity index (χ4n) is 1.68. The maximum atomic E-state index is 11.7. The standard InChI is InChI=1S/C17H21NO3S/c1-5-12(2)10-18-16(22-4)14-8-6-7-13(9-14)15(11-19)17(20)21-3/h6-11,19H,5H2,1-4H3/b12-10-,15-11+,18-16-. The molecule has 0 amide bonds. The molecule has 1 rings (SSSR count). The normalized spacial score (nSPS) is 13.2. The Morgan fingerprint density at radius 3 is 2.64 bits per heavy atom. The Labute approximate surface area is 135 Å². The number of esters is 1. The van der Waals surface area contributed by atoms with Gasteiger partial charge in [-0.15, -0.1) is 11.8 Å². The second-order valence-corrected chi connectivity index (χ2v) is 5.38. The number of benzene rings is 1. The SMILES string of the molecule is CC/C(C)=C\N=C(/SC)c1cccc(/C(=C\O)C(=O)OC)c1. The summed E-state index contributed by atoms with van der Waals surface area (Å²) < 4.78 is 4.67. The van der Waals surface area contributed by atoms with E-state index in [2.05, 4.69) is 16.7 Å². The van der Waals surface area contributed by atoms with Crippen molar-refractivity contribution in [1.29, 1.82) is 0 Å². The van der Waals surface area contributed by atoms with Crippen molar-refractivity contribution in [2.45, 2.75) is 20.3 Å². The molecule has 0 fully saturated rings. The molecule has 0 heterocycles. The van der Waals surface area contributed by atoms with Gasteiger partial charge in [-0.25, -0.2) is 9.79 Å². The van der Waals surface area contributed by atoms with Crippen molar-refractivity contribution in [1.82, 2.24) is 0 Å². The third-order valence-corrected chi connectivity index (χ3v) is 3.84. The van der Waals surface area contributed by atoms with E-state index in [0.29, 0.717) is 5.56 Å². The number of methoxy groups -OCH3 is 1. The van der Waals surface area contributed by atoms with Gasteiger partial charge in [0.25, 0.3) is 0 Å². The first-order valence-electron chi connectivity index (χ1n) is 6.88. The van der Waals surface area contributed by atoms with E-state index in [4.69, 9.17) is 0 Å². The molecular weight excluding hydrogens is 298 g/mol. The van der Waals surface area contributed by atoms with Crippen LogP contribution in [0.1, 0.15) is 31.4 Å². The predicted molar refractivity (Wildman–Crippen MR) is 93.2 cm³/mol. The van der Waals surface area contributed by atoms with E-state index in [1.54, 1.807) is 6.07 Å². The van der Waals surface area contributed by atoms with Gasteiger partial charge in [0.1, 0.15) is 10.6 Å². The fraction of sp³-hybridized carbons (Fsp3) is 0.294. The van der Waals surface area contributed by atoms with Gasteiger partial charge in [0.05, 0.1) is 13.4 Å². The Hall–Kier alpha value is -2.01. The molecule has 0 atom stereocenters. The Balaban J connectivity index is 3.22. The van der Waals surface area contributed by atoms with E-state index >= 15 is 0 Å². The first kappa shape index (κ1) is 18.0. The number of hydrogen-bond acceptors (Lipinski definition) is 5. The van der Waals surface area contributed by atoms with Crippen molar-refractivity contribution in [2.75, 3.05) is 13.4 Å². The number of thioether (sulfide) groups is 1. The predicted octanol–water partition coefficient (Wildman–Crippen LogP) is 4.18. The van der Waals surface area contributed by atoms with Gasteiger partial charge in [-0.2, -0.15) is 0 Å². The summed E-state index contributed by atoms with van der Waals surface area (Å²) in [6.07, 6.45) is 5.51. The molecule has 1 aromatic rings. The Kier molecular flexibility index (Phi) is 7.46. The number of ether oxygens (including phenoxy) is 1. The van der Waals surface area contributed by atoms with Crippen LogP contribution in [0.5, 0.6) is 0 Å². The zero-order valence-corrected chi connectivity index (χ0v) is 14.1. The Bertz CT molecular complexity index is 618.